The molecule has 0 fully saturated rings. The Morgan fingerprint density at radius 3 is 2.58 bits per heavy atom. The van der Waals surface area contributed by atoms with Crippen molar-refractivity contribution in [2.75, 3.05) is 18.4 Å². The number of benzene rings is 1. The van der Waals surface area contributed by atoms with Gasteiger partial charge in [0, 0.05) is 24.6 Å². The number of nitrogens with zero attached hydrogens (tertiary/aromatic N) is 2. The van der Waals surface area contributed by atoms with Gasteiger partial charge in [-0.25, -0.2) is 0 Å². The highest BCUT2D eigenvalue weighted by Crippen LogP contribution is 2.18. The van der Waals surface area contributed by atoms with E-state index in [-0.39, 0.29) is 0 Å². The van der Waals surface area contributed by atoms with Gasteiger partial charge in [-0.1, -0.05) is 24.3 Å². The smallest absolute Gasteiger partial charge is 0.0807 e. The van der Waals surface area contributed by atoms with Gasteiger partial charge in [-0.15, -0.1) is 0 Å². The van der Waals surface area contributed by atoms with Crippen molar-refractivity contribution in [3.05, 3.63) is 59.4 Å². The van der Waals surface area contributed by atoms with E-state index in [9.17, 15) is 0 Å². The molecule has 3 nitrogen and oxygen atoms in total. The second-order valence-corrected chi connectivity index (χ2v) is 4.48. The summed E-state index contributed by atoms with van der Waals surface area (Å²) in [7, 11) is 0. The maximum Gasteiger partial charge on any atom is 0.0807 e. The van der Waals surface area contributed by atoms with Gasteiger partial charge in [0.05, 0.1) is 12.2 Å². The zero-order valence-corrected chi connectivity index (χ0v) is 11.4. The van der Waals surface area contributed by atoms with E-state index in [1.54, 1.807) is 6.20 Å². The van der Waals surface area contributed by atoms with Crippen LogP contribution in [0.25, 0.3) is 0 Å². The van der Waals surface area contributed by atoms with Crippen molar-refractivity contribution >= 4 is 11.9 Å². The van der Waals surface area contributed by atoms with E-state index in [1.807, 2.05) is 24.4 Å². The lowest BCUT2D eigenvalue weighted by Gasteiger charge is -2.11. The third-order valence-electron chi connectivity index (χ3n) is 2.94. The molecule has 1 aromatic carbocycles. The first-order chi connectivity index (χ1) is 9.27. The van der Waals surface area contributed by atoms with Gasteiger partial charge < -0.3 is 5.32 Å². The Hall–Kier alpha value is -2.16. The number of aliphatic imine (C=N–C) groups is 1. The molecule has 0 amide bonds. The van der Waals surface area contributed by atoms with Crippen LogP contribution in [0.5, 0.6) is 0 Å². The molecule has 0 aliphatic rings. The highest BCUT2D eigenvalue weighted by molar-refractivity contribution is 5.76. The molecule has 98 valence electrons. The Labute approximate surface area is 114 Å². The summed E-state index contributed by atoms with van der Waals surface area (Å²) >= 11 is 0. The quantitative estimate of drug-likeness (QED) is 0.656. The molecule has 19 heavy (non-hydrogen) atoms. The molecule has 0 aliphatic carbocycles. The first-order valence-electron chi connectivity index (χ1n) is 6.48. The maximum atomic E-state index is 4.37. The molecule has 1 heterocycles. The van der Waals surface area contributed by atoms with Gasteiger partial charge in [0.1, 0.15) is 0 Å². The lowest BCUT2D eigenvalue weighted by atomic mass is 10.1. The SMILES string of the molecule is Cc1cccc(C)c1NCCN=Cc1ccccn1. The fourth-order valence-electron chi connectivity index (χ4n) is 1.95. The van der Waals surface area contributed by atoms with E-state index in [4.69, 9.17) is 0 Å². The Morgan fingerprint density at radius 1 is 1.11 bits per heavy atom. The van der Waals surface area contributed by atoms with E-state index >= 15 is 0 Å². The number of hydrogen-bond acceptors (Lipinski definition) is 3. The Bertz CT molecular complexity index is 527. The summed E-state index contributed by atoms with van der Waals surface area (Å²) in [5.41, 5.74) is 4.66. The monoisotopic (exact) mass is 253 g/mol. The summed E-state index contributed by atoms with van der Waals surface area (Å²) in [6.07, 6.45) is 3.59. The van der Waals surface area contributed by atoms with Crippen LogP contribution in [0, 0.1) is 13.8 Å². The lowest BCUT2D eigenvalue weighted by molar-refractivity contribution is 1.02. The van der Waals surface area contributed by atoms with E-state index in [2.05, 4.69) is 47.3 Å². The zero-order valence-electron chi connectivity index (χ0n) is 11.4. The lowest BCUT2D eigenvalue weighted by Crippen LogP contribution is -2.07. The van der Waals surface area contributed by atoms with Crippen LogP contribution in [0.4, 0.5) is 5.69 Å². The molecule has 0 radical (unpaired) electrons. The van der Waals surface area contributed by atoms with Crippen LogP contribution < -0.4 is 5.32 Å². The predicted octanol–water partition coefficient (Wildman–Crippen LogP) is 3.23. The highest BCUT2D eigenvalue weighted by atomic mass is 14.9. The van der Waals surface area contributed by atoms with Gasteiger partial charge in [0.15, 0.2) is 0 Å². The summed E-state index contributed by atoms with van der Waals surface area (Å²) in [5.74, 6) is 0. The van der Waals surface area contributed by atoms with Crippen molar-refractivity contribution in [1.29, 1.82) is 0 Å². The summed E-state index contributed by atoms with van der Waals surface area (Å²) in [5, 5.41) is 3.43. The van der Waals surface area contributed by atoms with Crippen LogP contribution in [-0.2, 0) is 0 Å². The number of aryl methyl sites for hydroxylation is 2. The van der Waals surface area contributed by atoms with Crippen LogP contribution in [0.3, 0.4) is 0 Å². The number of aromatic nitrogens is 1. The Morgan fingerprint density at radius 2 is 1.89 bits per heavy atom. The number of anilines is 1. The van der Waals surface area contributed by atoms with Gasteiger partial charge in [0.2, 0.25) is 0 Å². The molecule has 0 saturated heterocycles. The molecule has 0 spiro atoms. The van der Waals surface area contributed by atoms with E-state index < -0.39 is 0 Å². The third kappa shape index (κ3) is 3.91. The molecular weight excluding hydrogens is 234 g/mol. The molecule has 2 aromatic rings. The van der Waals surface area contributed by atoms with Gasteiger partial charge in [0.25, 0.3) is 0 Å². The van der Waals surface area contributed by atoms with E-state index in [0.29, 0.717) is 0 Å². The molecule has 1 aromatic heterocycles. The molecule has 0 aliphatic heterocycles. The molecule has 2 rings (SSSR count). The normalized spacial score (nSPS) is 10.8. The first-order valence-corrected chi connectivity index (χ1v) is 6.48. The van der Waals surface area contributed by atoms with Gasteiger partial charge in [-0.3, -0.25) is 9.98 Å². The summed E-state index contributed by atoms with van der Waals surface area (Å²) in [6.45, 7) is 5.80. The third-order valence-corrected chi connectivity index (χ3v) is 2.94. The molecule has 1 N–H and O–H groups in total. The van der Waals surface area contributed by atoms with Crippen molar-refractivity contribution < 1.29 is 0 Å². The van der Waals surface area contributed by atoms with Crippen molar-refractivity contribution in [3.63, 3.8) is 0 Å². The van der Waals surface area contributed by atoms with Crippen molar-refractivity contribution in [1.82, 2.24) is 4.98 Å². The average Bonchev–Trinajstić information content (AvgIpc) is 2.42. The van der Waals surface area contributed by atoms with Crippen molar-refractivity contribution in [3.8, 4) is 0 Å². The first kappa shape index (κ1) is 13.3. The van der Waals surface area contributed by atoms with E-state index in [1.165, 1.54) is 16.8 Å². The molecule has 0 unspecified atom stereocenters. The fraction of sp³-hybridized carbons (Fsp3) is 0.250. The van der Waals surface area contributed by atoms with Gasteiger partial charge >= 0.3 is 0 Å². The van der Waals surface area contributed by atoms with Crippen LogP contribution in [0.1, 0.15) is 16.8 Å². The van der Waals surface area contributed by atoms with Gasteiger partial charge in [-0.05, 0) is 37.1 Å². The number of rotatable bonds is 5. The van der Waals surface area contributed by atoms with Crippen molar-refractivity contribution in [2.45, 2.75) is 13.8 Å². The molecule has 3 heteroatoms. The minimum Gasteiger partial charge on any atom is -0.383 e. The van der Waals surface area contributed by atoms with Gasteiger partial charge in [-0.2, -0.15) is 0 Å². The second-order valence-electron chi connectivity index (χ2n) is 4.48. The highest BCUT2D eigenvalue weighted by Gasteiger charge is 1.99. The van der Waals surface area contributed by atoms with E-state index in [0.717, 1.165) is 18.8 Å². The van der Waals surface area contributed by atoms with Crippen molar-refractivity contribution in [2.24, 2.45) is 4.99 Å². The van der Waals surface area contributed by atoms with Crippen LogP contribution >= 0.6 is 0 Å². The minimum atomic E-state index is 0.740. The van der Waals surface area contributed by atoms with Crippen LogP contribution in [0.15, 0.2) is 47.6 Å². The number of nitrogens with one attached hydrogen (secondary N) is 1. The Balaban J connectivity index is 1.83. The molecular formula is C16H19N3. The Kier molecular flexibility index (Phi) is 4.67. The topological polar surface area (TPSA) is 37.3 Å². The summed E-state index contributed by atoms with van der Waals surface area (Å²) in [6, 6.07) is 12.1. The minimum absolute atomic E-state index is 0.740. The molecule has 0 saturated carbocycles. The fourth-order valence-corrected chi connectivity index (χ4v) is 1.95. The summed E-state index contributed by atoms with van der Waals surface area (Å²) < 4.78 is 0. The average molecular weight is 253 g/mol. The zero-order chi connectivity index (χ0) is 13.5. The van der Waals surface area contributed by atoms with Crippen LogP contribution in [0.2, 0.25) is 0 Å². The number of hydrogen-bond donors (Lipinski definition) is 1. The molecule has 0 bridgehead atoms. The number of pyridine rings is 1. The largest absolute Gasteiger partial charge is 0.383 e. The maximum absolute atomic E-state index is 4.37. The number of para-hydroxylation sites is 1. The summed E-state index contributed by atoms with van der Waals surface area (Å²) in [4.78, 5) is 8.56. The standard InChI is InChI=1S/C16H19N3/c1-13-6-5-7-14(2)16(13)19-11-10-17-12-15-8-3-4-9-18-15/h3-9,12,19H,10-11H2,1-2H3. The molecule has 0 atom stereocenters. The second kappa shape index (κ2) is 6.69. The predicted molar refractivity (Wildman–Crippen MR) is 81.1 cm³/mol. The van der Waals surface area contributed by atoms with Crippen LogP contribution in [-0.4, -0.2) is 24.3 Å².